The molecule has 19 heavy (non-hydrogen) atoms. The minimum absolute atomic E-state index is 0.476. The van der Waals surface area contributed by atoms with Crippen molar-refractivity contribution in [2.24, 2.45) is 0 Å². The van der Waals surface area contributed by atoms with Crippen molar-refractivity contribution in [3.8, 4) is 5.75 Å². The molecule has 1 unspecified atom stereocenters. The zero-order chi connectivity index (χ0) is 13.7. The van der Waals surface area contributed by atoms with Gasteiger partial charge in [0.05, 0.1) is 6.61 Å². The second kappa shape index (κ2) is 6.70. The smallest absolute Gasteiger partial charge is 0.125 e. The van der Waals surface area contributed by atoms with Gasteiger partial charge in [-0.3, -0.25) is 0 Å². The molecule has 1 heterocycles. The molecular weight excluding hydrogens is 260 g/mol. The molecule has 0 bridgehead atoms. The predicted molar refractivity (Wildman–Crippen MR) is 76.9 cm³/mol. The molecule has 1 aromatic carbocycles. The Morgan fingerprint density at radius 1 is 1.16 bits per heavy atom. The summed E-state index contributed by atoms with van der Waals surface area (Å²) in [6.07, 6.45) is -0.641. The van der Waals surface area contributed by atoms with Gasteiger partial charge >= 0.3 is 0 Å². The van der Waals surface area contributed by atoms with Crippen molar-refractivity contribution in [3.63, 3.8) is 0 Å². The van der Waals surface area contributed by atoms with E-state index in [1.165, 1.54) is 4.88 Å². The van der Waals surface area contributed by atoms with E-state index in [4.69, 9.17) is 9.47 Å². The van der Waals surface area contributed by atoms with Gasteiger partial charge < -0.3 is 14.6 Å². The first-order valence-corrected chi connectivity index (χ1v) is 6.99. The van der Waals surface area contributed by atoms with Gasteiger partial charge in [-0.1, -0.05) is 18.2 Å². The number of para-hydroxylation sites is 1. The first-order valence-electron chi connectivity index (χ1n) is 6.17. The van der Waals surface area contributed by atoms with Crippen molar-refractivity contribution in [1.29, 1.82) is 0 Å². The van der Waals surface area contributed by atoms with Gasteiger partial charge in [-0.2, -0.15) is 0 Å². The van der Waals surface area contributed by atoms with E-state index in [1.54, 1.807) is 18.4 Å². The second-order valence-electron chi connectivity index (χ2n) is 4.23. The topological polar surface area (TPSA) is 38.7 Å². The number of thiophene rings is 1. The third kappa shape index (κ3) is 3.56. The molecule has 102 valence electrons. The van der Waals surface area contributed by atoms with Crippen LogP contribution in [0.4, 0.5) is 0 Å². The fourth-order valence-corrected chi connectivity index (χ4v) is 2.71. The maximum atomic E-state index is 10.4. The number of aliphatic hydroxyl groups excluding tert-OH is 1. The van der Waals surface area contributed by atoms with Gasteiger partial charge in [0.2, 0.25) is 0 Å². The Hall–Kier alpha value is -1.36. The Morgan fingerprint density at radius 2 is 1.95 bits per heavy atom. The molecule has 0 saturated heterocycles. The first-order chi connectivity index (χ1) is 9.22. The van der Waals surface area contributed by atoms with Crippen molar-refractivity contribution < 1.29 is 14.6 Å². The zero-order valence-corrected chi connectivity index (χ0v) is 11.9. The number of aliphatic hydroxyl groups is 1. The molecule has 0 spiro atoms. The molecule has 2 rings (SSSR count). The quantitative estimate of drug-likeness (QED) is 0.825. The average molecular weight is 278 g/mol. The summed E-state index contributed by atoms with van der Waals surface area (Å²) in [7, 11) is 1.64. The highest BCUT2D eigenvalue weighted by Gasteiger charge is 2.16. The average Bonchev–Trinajstić information content (AvgIpc) is 2.85. The Bertz CT molecular complexity index is 522. The van der Waals surface area contributed by atoms with E-state index in [-0.39, 0.29) is 0 Å². The Morgan fingerprint density at radius 3 is 2.63 bits per heavy atom. The lowest BCUT2D eigenvalue weighted by atomic mass is 10.1. The zero-order valence-electron chi connectivity index (χ0n) is 11.1. The van der Waals surface area contributed by atoms with Crippen molar-refractivity contribution in [2.75, 3.05) is 20.3 Å². The molecule has 0 amide bonds. The number of aryl methyl sites for hydroxylation is 1. The van der Waals surface area contributed by atoms with Crippen LogP contribution in [0, 0.1) is 6.92 Å². The van der Waals surface area contributed by atoms with Crippen LogP contribution >= 0.6 is 11.3 Å². The highest BCUT2D eigenvalue weighted by molar-refractivity contribution is 7.12. The van der Waals surface area contributed by atoms with Crippen LogP contribution < -0.4 is 4.74 Å². The molecule has 0 fully saturated rings. The van der Waals surface area contributed by atoms with Gasteiger partial charge in [-0.25, -0.2) is 0 Å². The highest BCUT2D eigenvalue weighted by Crippen LogP contribution is 2.33. The lowest BCUT2D eigenvalue weighted by molar-refractivity contribution is 0.142. The fourth-order valence-electron chi connectivity index (χ4n) is 1.83. The Balaban J connectivity index is 2.18. The molecule has 4 heteroatoms. The van der Waals surface area contributed by atoms with Crippen LogP contribution in [0.3, 0.4) is 0 Å². The van der Waals surface area contributed by atoms with Crippen LogP contribution in [0.5, 0.6) is 5.75 Å². The second-order valence-corrected chi connectivity index (χ2v) is 5.55. The van der Waals surface area contributed by atoms with Crippen LogP contribution in [0.15, 0.2) is 36.4 Å². The van der Waals surface area contributed by atoms with E-state index in [2.05, 4.69) is 0 Å². The normalized spacial score (nSPS) is 12.4. The summed E-state index contributed by atoms with van der Waals surface area (Å²) in [4.78, 5) is 2.12. The minimum atomic E-state index is -0.641. The number of rotatable bonds is 6. The van der Waals surface area contributed by atoms with Gasteiger partial charge in [0, 0.05) is 22.4 Å². The lowest BCUT2D eigenvalue weighted by Gasteiger charge is -2.15. The number of benzene rings is 1. The Labute approximate surface area is 117 Å². The molecular formula is C15H18O3S. The Kier molecular flexibility index (Phi) is 4.96. The van der Waals surface area contributed by atoms with E-state index in [1.807, 2.05) is 43.3 Å². The third-order valence-electron chi connectivity index (χ3n) is 2.79. The summed E-state index contributed by atoms with van der Waals surface area (Å²) in [5, 5.41) is 10.4. The van der Waals surface area contributed by atoms with E-state index in [0.717, 1.165) is 10.4 Å². The molecule has 0 radical (unpaired) electrons. The minimum Gasteiger partial charge on any atom is -0.491 e. The standard InChI is InChI=1S/C15H18O3S/c1-11-7-8-14(19-11)15(16)12-5-3-4-6-13(12)18-10-9-17-2/h3-8,15-16H,9-10H2,1-2H3. The van der Waals surface area contributed by atoms with E-state index in [0.29, 0.717) is 19.0 Å². The molecule has 1 atom stereocenters. The SMILES string of the molecule is COCCOc1ccccc1C(O)c1ccc(C)s1. The van der Waals surface area contributed by atoms with Crippen LogP contribution in [-0.2, 0) is 4.74 Å². The van der Waals surface area contributed by atoms with Gasteiger partial charge in [-0.05, 0) is 25.1 Å². The summed E-state index contributed by atoms with van der Waals surface area (Å²) in [6, 6.07) is 11.5. The summed E-state index contributed by atoms with van der Waals surface area (Å²) in [5.41, 5.74) is 0.792. The van der Waals surface area contributed by atoms with Crippen LogP contribution in [0.25, 0.3) is 0 Å². The molecule has 2 aromatic rings. The maximum absolute atomic E-state index is 10.4. The summed E-state index contributed by atoms with van der Waals surface area (Å²) < 4.78 is 10.6. The first kappa shape index (κ1) is 14.1. The predicted octanol–water partition coefficient (Wildman–Crippen LogP) is 3.16. The largest absolute Gasteiger partial charge is 0.491 e. The van der Waals surface area contributed by atoms with Crippen molar-refractivity contribution in [2.45, 2.75) is 13.0 Å². The number of ether oxygens (including phenoxy) is 2. The van der Waals surface area contributed by atoms with Crippen LogP contribution in [0.1, 0.15) is 21.4 Å². The molecule has 3 nitrogen and oxygen atoms in total. The van der Waals surface area contributed by atoms with Gasteiger partial charge in [0.25, 0.3) is 0 Å². The molecule has 1 aromatic heterocycles. The van der Waals surface area contributed by atoms with Gasteiger partial charge in [0.1, 0.15) is 18.5 Å². The fraction of sp³-hybridized carbons (Fsp3) is 0.333. The molecule has 0 saturated carbocycles. The monoisotopic (exact) mass is 278 g/mol. The molecule has 0 aliphatic rings. The number of hydrogen-bond acceptors (Lipinski definition) is 4. The lowest BCUT2D eigenvalue weighted by Crippen LogP contribution is -2.07. The molecule has 0 aliphatic heterocycles. The number of hydrogen-bond donors (Lipinski definition) is 1. The van der Waals surface area contributed by atoms with Crippen molar-refractivity contribution in [1.82, 2.24) is 0 Å². The molecule has 1 N–H and O–H groups in total. The number of methoxy groups -OCH3 is 1. The van der Waals surface area contributed by atoms with Gasteiger partial charge in [0.15, 0.2) is 0 Å². The van der Waals surface area contributed by atoms with E-state index in [9.17, 15) is 5.11 Å². The van der Waals surface area contributed by atoms with E-state index >= 15 is 0 Å². The third-order valence-corrected chi connectivity index (χ3v) is 3.84. The molecule has 0 aliphatic carbocycles. The van der Waals surface area contributed by atoms with Crippen LogP contribution in [0.2, 0.25) is 0 Å². The summed E-state index contributed by atoms with van der Waals surface area (Å²) in [5.74, 6) is 0.707. The van der Waals surface area contributed by atoms with Gasteiger partial charge in [-0.15, -0.1) is 11.3 Å². The van der Waals surface area contributed by atoms with Crippen molar-refractivity contribution >= 4 is 11.3 Å². The maximum Gasteiger partial charge on any atom is 0.125 e. The van der Waals surface area contributed by atoms with Crippen molar-refractivity contribution in [3.05, 3.63) is 51.7 Å². The highest BCUT2D eigenvalue weighted by atomic mass is 32.1. The summed E-state index contributed by atoms with van der Waals surface area (Å²) >= 11 is 1.60. The summed E-state index contributed by atoms with van der Waals surface area (Å²) in [6.45, 7) is 3.04. The van der Waals surface area contributed by atoms with E-state index < -0.39 is 6.10 Å². The van der Waals surface area contributed by atoms with Crippen LogP contribution in [-0.4, -0.2) is 25.4 Å².